The third kappa shape index (κ3) is 9.98. The van der Waals surface area contributed by atoms with Crippen LogP contribution in [0, 0.1) is 5.92 Å². The number of nitrogens with one attached hydrogen (secondary N) is 3. The zero-order valence-corrected chi connectivity index (χ0v) is 18.7. The molecule has 12 nitrogen and oxygen atoms in total. The normalized spacial score (nSPS) is 16.7. The zero-order valence-electron chi connectivity index (χ0n) is 17.8. The van der Waals surface area contributed by atoms with Crippen LogP contribution in [-0.2, 0) is 24.0 Å². The molecule has 0 spiro atoms. The SMILES string of the molecule is CCC(C)C(N)C(=O)NC(C(=O)NC(CCC(N)=O)C(=O)NC(CS)C(=O)O)C(C)O. The van der Waals surface area contributed by atoms with Gasteiger partial charge in [0, 0.05) is 12.2 Å². The summed E-state index contributed by atoms with van der Waals surface area (Å²) in [4.78, 5) is 59.7. The molecule has 13 heteroatoms. The maximum atomic E-state index is 12.7. The van der Waals surface area contributed by atoms with E-state index >= 15 is 0 Å². The number of aliphatic hydroxyl groups excluding tert-OH is 1. The summed E-state index contributed by atoms with van der Waals surface area (Å²) in [5.74, 6) is -4.93. The number of thiol groups is 1. The van der Waals surface area contributed by atoms with Crippen LogP contribution in [-0.4, -0.2) is 75.8 Å². The van der Waals surface area contributed by atoms with Gasteiger partial charge in [-0.1, -0.05) is 20.3 Å². The molecule has 31 heavy (non-hydrogen) atoms. The van der Waals surface area contributed by atoms with E-state index in [4.69, 9.17) is 16.6 Å². The van der Waals surface area contributed by atoms with Gasteiger partial charge in [-0.3, -0.25) is 19.2 Å². The van der Waals surface area contributed by atoms with Crippen molar-refractivity contribution in [2.75, 3.05) is 5.75 Å². The lowest BCUT2D eigenvalue weighted by atomic mass is 9.98. The van der Waals surface area contributed by atoms with E-state index in [-0.39, 0.29) is 24.5 Å². The lowest BCUT2D eigenvalue weighted by Gasteiger charge is -2.27. The lowest BCUT2D eigenvalue weighted by Crippen LogP contribution is -2.60. The number of carboxylic acids is 1. The number of carbonyl (C=O) groups excluding carboxylic acids is 4. The minimum atomic E-state index is -1.44. The Morgan fingerprint density at radius 3 is 1.94 bits per heavy atom. The van der Waals surface area contributed by atoms with E-state index in [1.807, 2.05) is 6.92 Å². The highest BCUT2D eigenvalue weighted by Gasteiger charge is 2.33. The molecule has 6 atom stereocenters. The van der Waals surface area contributed by atoms with Crippen molar-refractivity contribution in [3.63, 3.8) is 0 Å². The maximum Gasteiger partial charge on any atom is 0.327 e. The number of aliphatic carboxylic acids is 1. The van der Waals surface area contributed by atoms with Crippen LogP contribution in [0.4, 0.5) is 0 Å². The predicted octanol–water partition coefficient (Wildman–Crippen LogP) is -2.53. The van der Waals surface area contributed by atoms with Crippen LogP contribution in [0.2, 0.25) is 0 Å². The van der Waals surface area contributed by atoms with Crippen molar-refractivity contribution in [1.82, 2.24) is 16.0 Å². The van der Waals surface area contributed by atoms with Crippen molar-refractivity contribution in [3.8, 4) is 0 Å². The second kappa shape index (κ2) is 13.8. The molecule has 0 rings (SSSR count). The monoisotopic (exact) mass is 463 g/mol. The Morgan fingerprint density at radius 2 is 1.52 bits per heavy atom. The van der Waals surface area contributed by atoms with Gasteiger partial charge in [0.15, 0.2) is 0 Å². The van der Waals surface area contributed by atoms with Gasteiger partial charge in [-0.05, 0) is 19.3 Å². The molecule has 178 valence electrons. The van der Waals surface area contributed by atoms with E-state index in [1.165, 1.54) is 6.92 Å². The van der Waals surface area contributed by atoms with E-state index in [0.717, 1.165) is 0 Å². The molecule has 0 fully saturated rings. The lowest BCUT2D eigenvalue weighted by molar-refractivity contribution is -0.142. The summed E-state index contributed by atoms with van der Waals surface area (Å²) in [6.07, 6.45) is -1.22. The standard InChI is InChI=1S/C18H33N5O7S/c1-4-8(2)13(20)16(27)23-14(9(3)24)17(28)21-10(5-6-12(19)25)15(26)22-11(7-31)18(29)30/h8-11,13-14,24,31H,4-7,20H2,1-3H3,(H2,19,25)(H,21,28)(H,22,26)(H,23,27)(H,29,30). The smallest absolute Gasteiger partial charge is 0.327 e. The Kier molecular flexibility index (Phi) is 12.8. The van der Waals surface area contributed by atoms with Gasteiger partial charge < -0.3 is 37.6 Å². The third-order valence-electron chi connectivity index (χ3n) is 4.73. The van der Waals surface area contributed by atoms with Crippen LogP contribution in [0.5, 0.6) is 0 Å². The van der Waals surface area contributed by atoms with Crippen LogP contribution in [0.1, 0.15) is 40.0 Å². The fourth-order valence-electron chi connectivity index (χ4n) is 2.44. The maximum absolute atomic E-state index is 12.7. The van der Waals surface area contributed by atoms with Crippen molar-refractivity contribution in [1.29, 1.82) is 0 Å². The highest BCUT2D eigenvalue weighted by Crippen LogP contribution is 2.07. The molecule has 0 saturated heterocycles. The number of carbonyl (C=O) groups is 5. The van der Waals surface area contributed by atoms with Crippen molar-refractivity contribution >= 4 is 42.2 Å². The average molecular weight is 464 g/mol. The summed E-state index contributed by atoms with van der Waals surface area (Å²) in [5, 5.41) is 25.9. The quantitative estimate of drug-likeness (QED) is 0.128. The Labute approximate surface area is 186 Å². The van der Waals surface area contributed by atoms with Gasteiger partial charge in [-0.15, -0.1) is 0 Å². The summed E-state index contributed by atoms with van der Waals surface area (Å²) in [7, 11) is 0. The number of carboxylic acid groups (broad SMARTS) is 1. The summed E-state index contributed by atoms with van der Waals surface area (Å²) in [5.41, 5.74) is 10.9. The molecule has 0 aromatic rings. The number of nitrogens with two attached hydrogens (primary N) is 2. The van der Waals surface area contributed by atoms with E-state index in [1.54, 1.807) is 6.92 Å². The number of amides is 4. The predicted molar refractivity (Wildman–Crippen MR) is 115 cm³/mol. The van der Waals surface area contributed by atoms with Gasteiger partial charge in [0.2, 0.25) is 23.6 Å². The number of hydrogen-bond acceptors (Lipinski definition) is 8. The molecule has 0 aliphatic heterocycles. The van der Waals surface area contributed by atoms with Gasteiger partial charge in [0.25, 0.3) is 0 Å². The second-order valence-corrected chi connectivity index (χ2v) is 7.65. The molecule has 6 unspecified atom stereocenters. The second-order valence-electron chi connectivity index (χ2n) is 7.29. The molecule has 0 aliphatic carbocycles. The molecule has 0 bridgehead atoms. The molecule has 0 aromatic carbocycles. The summed E-state index contributed by atoms with van der Waals surface area (Å²) in [6.45, 7) is 4.86. The van der Waals surface area contributed by atoms with E-state index in [0.29, 0.717) is 6.42 Å². The Balaban J connectivity index is 5.44. The van der Waals surface area contributed by atoms with E-state index in [9.17, 15) is 29.1 Å². The fourth-order valence-corrected chi connectivity index (χ4v) is 2.69. The number of primary amides is 1. The molecule has 9 N–H and O–H groups in total. The first-order valence-electron chi connectivity index (χ1n) is 9.82. The minimum Gasteiger partial charge on any atom is -0.480 e. The van der Waals surface area contributed by atoms with Crippen molar-refractivity contribution in [3.05, 3.63) is 0 Å². The molecule has 0 aromatic heterocycles. The third-order valence-corrected chi connectivity index (χ3v) is 5.10. The molecule has 0 saturated carbocycles. The van der Waals surface area contributed by atoms with Gasteiger partial charge in [-0.25, -0.2) is 4.79 Å². The van der Waals surface area contributed by atoms with Gasteiger partial charge in [-0.2, -0.15) is 12.6 Å². The Bertz CT molecular complexity index is 661. The van der Waals surface area contributed by atoms with Crippen molar-refractivity contribution in [2.24, 2.45) is 17.4 Å². The summed E-state index contributed by atoms with van der Waals surface area (Å²) < 4.78 is 0. The van der Waals surface area contributed by atoms with Gasteiger partial charge in [0.05, 0.1) is 12.1 Å². The van der Waals surface area contributed by atoms with Crippen LogP contribution in [0.15, 0.2) is 0 Å². The molecular formula is C18H33N5O7S. The van der Waals surface area contributed by atoms with Crippen LogP contribution in [0.3, 0.4) is 0 Å². The number of hydrogen-bond donors (Lipinski definition) is 8. The highest BCUT2D eigenvalue weighted by atomic mass is 32.1. The Hall–Kier alpha value is -2.38. The number of rotatable bonds is 14. The number of aliphatic hydroxyl groups is 1. The van der Waals surface area contributed by atoms with E-state index < -0.39 is 59.9 Å². The van der Waals surface area contributed by atoms with E-state index in [2.05, 4.69) is 28.6 Å². The van der Waals surface area contributed by atoms with Crippen molar-refractivity contribution in [2.45, 2.75) is 70.3 Å². The summed E-state index contributed by atoms with van der Waals surface area (Å²) in [6, 6.07) is -5.03. The molecule has 0 radical (unpaired) electrons. The van der Waals surface area contributed by atoms with Gasteiger partial charge in [0.1, 0.15) is 18.1 Å². The largest absolute Gasteiger partial charge is 0.480 e. The Morgan fingerprint density at radius 1 is 0.968 bits per heavy atom. The first-order chi connectivity index (χ1) is 14.3. The molecule has 0 aliphatic rings. The summed E-state index contributed by atoms with van der Waals surface area (Å²) >= 11 is 3.84. The van der Waals surface area contributed by atoms with Crippen molar-refractivity contribution < 1.29 is 34.2 Å². The molecule has 4 amide bonds. The topological polar surface area (TPSA) is 214 Å². The van der Waals surface area contributed by atoms with Crippen LogP contribution < -0.4 is 27.4 Å². The first kappa shape index (κ1) is 28.6. The first-order valence-corrected chi connectivity index (χ1v) is 10.5. The van der Waals surface area contributed by atoms with Crippen LogP contribution >= 0.6 is 12.6 Å². The average Bonchev–Trinajstić information content (AvgIpc) is 2.70. The fraction of sp³-hybridized carbons (Fsp3) is 0.722. The van der Waals surface area contributed by atoms with Gasteiger partial charge >= 0.3 is 5.97 Å². The zero-order chi connectivity index (χ0) is 24.3. The molecular weight excluding hydrogens is 430 g/mol. The van der Waals surface area contributed by atoms with Crippen LogP contribution in [0.25, 0.3) is 0 Å². The highest BCUT2D eigenvalue weighted by molar-refractivity contribution is 7.80. The molecule has 0 heterocycles. The minimum absolute atomic E-state index is 0.180.